The second kappa shape index (κ2) is 7.64. The standard InChI is InChI=1S/C19H23Br/c1-15-11-12-18(13-16(15)2)14-19(20)10-6-9-17-7-4-3-5-8-17/h3-5,7-8,11-13,19H,6,9-10,14H2,1-2H3. The van der Waals surface area contributed by atoms with Crippen molar-refractivity contribution in [2.75, 3.05) is 0 Å². The van der Waals surface area contributed by atoms with Crippen LogP contribution in [0.1, 0.15) is 35.1 Å². The van der Waals surface area contributed by atoms with E-state index >= 15 is 0 Å². The van der Waals surface area contributed by atoms with Crippen LogP contribution in [0.4, 0.5) is 0 Å². The zero-order valence-electron chi connectivity index (χ0n) is 12.4. The second-order valence-corrected chi connectivity index (χ2v) is 6.89. The summed E-state index contributed by atoms with van der Waals surface area (Å²) in [5.74, 6) is 0. The van der Waals surface area contributed by atoms with Gasteiger partial charge in [-0.15, -0.1) is 0 Å². The fraction of sp³-hybridized carbons (Fsp3) is 0.368. The quantitative estimate of drug-likeness (QED) is 0.602. The molecule has 0 heterocycles. The van der Waals surface area contributed by atoms with Crippen molar-refractivity contribution in [3.63, 3.8) is 0 Å². The Morgan fingerprint density at radius 2 is 1.65 bits per heavy atom. The lowest BCUT2D eigenvalue weighted by Gasteiger charge is -2.11. The molecule has 0 bridgehead atoms. The van der Waals surface area contributed by atoms with Crippen LogP contribution in [0.3, 0.4) is 0 Å². The van der Waals surface area contributed by atoms with Gasteiger partial charge in [-0.2, -0.15) is 0 Å². The molecule has 0 radical (unpaired) electrons. The summed E-state index contributed by atoms with van der Waals surface area (Å²) in [6.07, 6.45) is 4.76. The normalized spacial score (nSPS) is 12.3. The lowest BCUT2D eigenvalue weighted by molar-refractivity contribution is 0.700. The van der Waals surface area contributed by atoms with E-state index in [0.29, 0.717) is 4.83 Å². The third-order valence-corrected chi connectivity index (χ3v) is 4.64. The fourth-order valence-electron chi connectivity index (χ4n) is 2.46. The van der Waals surface area contributed by atoms with Gasteiger partial charge in [0, 0.05) is 4.83 Å². The van der Waals surface area contributed by atoms with E-state index in [1.807, 2.05) is 0 Å². The summed E-state index contributed by atoms with van der Waals surface area (Å²) in [5.41, 5.74) is 5.66. The molecule has 106 valence electrons. The van der Waals surface area contributed by atoms with Gasteiger partial charge in [0.25, 0.3) is 0 Å². The van der Waals surface area contributed by atoms with E-state index in [1.54, 1.807) is 0 Å². The molecule has 0 aliphatic heterocycles. The SMILES string of the molecule is Cc1ccc(CC(Br)CCCc2ccccc2)cc1C. The van der Waals surface area contributed by atoms with Crippen molar-refractivity contribution in [3.8, 4) is 0 Å². The maximum atomic E-state index is 3.83. The molecule has 0 N–H and O–H groups in total. The summed E-state index contributed by atoms with van der Waals surface area (Å²) in [7, 11) is 0. The van der Waals surface area contributed by atoms with Gasteiger partial charge in [-0.05, 0) is 61.8 Å². The van der Waals surface area contributed by atoms with Crippen LogP contribution in [-0.4, -0.2) is 4.83 Å². The molecule has 2 rings (SSSR count). The average Bonchev–Trinajstić information content (AvgIpc) is 2.44. The van der Waals surface area contributed by atoms with E-state index in [1.165, 1.54) is 41.5 Å². The minimum Gasteiger partial charge on any atom is -0.0887 e. The lowest BCUT2D eigenvalue weighted by atomic mass is 10.0. The van der Waals surface area contributed by atoms with E-state index in [2.05, 4.69) is 78.3 Å². The zero-order valence-corrected chi connectivity index (χ0v) is 14.0. The molecule has 0 nitrogen and oxygen atoms in total. The highest BCUT2D eigenvalue weighted by atomic mass is 79.9. The summed E-state index contributed by atoms with van der Waals surface area (Å²) >= 11 is 3.83. The predicted octanol–water partition coefficient (Wildman–Crippen LogP) is 5.63. The van der Waals surface area contributed by atoms with Gasteiger partial charge in [0.2, 0.25) is 0 Å². The second-order valence-electron chi connectivity index (χ2n) is 5.60. The van der Waals surface area contributed by atoms with Gasteiger partial charge in [0.15, 0.2) is 0 Å². The molecular weight excluding hydrogens is 308 g/mol. The molecule has 1 unspecified atom stereocenters. The van der Waals surface area contributed by atoms with E-state index in [0.717, 1.165) is 6.42 Å². The monoisotopic (exact) mass is 330 g/mol. The van der Waals surface area contributed by atoms with Crippen LogP contribution >= 0.6 is 15.9 Å². The first kappa shape index (κ1) is 15.3. The summed E-state index contributed by atoms with van der Waals surface area (Å²) in [5, 5.41) is 0. The van der Waals surface area contributed by atoms with Crippen molar-refractivity contribution in [1.82, 2.24) is 0 Å². The molecular formula is C19H23Br. The summed E-state index contributed by atoms with van der Waals surface area (Å²) in [4.78, 5) is 0.577. The number of rotatable bonds is 6. The maximum absolute atomic E-state index is 3.83. The Hall–Kier alpha value is -1.08. The molecule has 0 fully saturated rings. The Morgan fingerprint density at radius 1 is 0.900 bits per heavy atom. The third-order valence-electron chi connectivity index (χ3n) is 3.85. The number of halogens is 1. The number of aryl methyl sites for hydroxylation is 3. The Bertz CT molecular complexity index is 531. The molecule has 2 aromatic rings. The molecule has 1 heteroatoms. The summed E-state index contributed by atoms with van der Waals surface area (Å²) < 4.78 is 0. The number of hydrogen-bond donors (Lipinski definition) is 0. The molecule has 1 atom stereocenters. The van der Waals surface area contributed by atoms with Crippen molar-refractivity contribution in [2.24, 2.45) is 0 Å². The van der Waals surface area contributed by atoms with Gasteiger partial charge < -0.3 is 0 Å². The van der Waals surface area contributed by atoms with Crippen LogP contribution in [0.2, 0.25) is 0 Å². The van der Waals surface area contributed by atoms with Crippen molar-refractivity contribution < 1.29 is 0 Å². The fourth-order valence-corrected chi connectivity index (χ4v) is 3.16. The Morgan fingerprint density at radius 3 is 2.35 bits per heavy atom. The smallest absolute Gasteiger partial charge is 0.0186 e. The van der Waals surface area contributed by atoms with E-state index in [9.17, 15) is 0 Å². The molecule has 0 aliphatic rings. The van der Waals surface area contributed by atoms with Gasteiger partial charge in [0.1, 0.15) is 0 Å². The first-order chi connectivity index (χ1) is 9.65. The zero-order chi connectivity index (χ0) is 14.4. The molecule has 0 aliphatic carbocycles. The molecule has 0 saturated heterocycles. The van der Waals surface area contributed by atoms with Crippen molar-refractivity contribution in [1.29, 1.82) is 0 Å². The van der Waals surface area contributed by atoms with Gasteiger partial charge >= 0.3 is 0 Å². The number of benzene rings is 2. The summed E-state index contributed by atoms with van der Waals surface area (Å²) in [6.45, 7) is 4.36. The highest BCUT2D eigenvalue weighted by Crippen LogP contribution is 2.18. The molecule has 0 aromatic heterocycles. The maximum Gasteiger partial charge on any atom is 0.0186 e. The van der Waals surface area contributed by atoms with E-state index in [4.69, 9.17) is 0 Å². The van der Waals surface area contributed by atoms with Gasteiger partial charge in [-0.3, -0.25) is 0 Å². The Labute approximate surface area is 131 Å². The van der Waals surface area contributed by atoms with Crippen LogP contribution < -0.4 is 0 Å². The van der Waals surface area contributed by atoms with Crippen LogP contribution in [0.25, 0.3) is 0 Å². The van der Waals surface area contributed by atoms with Crippen molar-refractivity contribution in [3.05, 3.63) is 70.8 Å². The van der Waals surface area contributed by atoms with E-state index in [-0.39, 0.29) is 0 Å². The number of alkyl halides is 1. The van der Waals surface area contributed by atoms with Gasteiger partial charge in [0.05, 0.1) is 0 Å². The molecule has 0 amide bonds. The average molecular weight is 331 g/mol. The highest BCUT2D eigenvalue weighted by Gasteiger charge is 2.06. The third kappa shape index (κ3) is 4.79. The largest absolute Gasteiger partial charge is 0.0887 e. The van der Waals surface area contributed by atoms with Crippen LogP contribution in [0.15, 0.2) is 48.5 Å². The molecule has 20 heavy (non-hydrogen) atoms. The Kier molecular flexibility index (Phi) is 5.85. The van der Waals surface area contributed by atoms with Crippen molar-refractivity contribution in [2.45, 2.75) is 44.4 Å². The first-order valence-corrected chi connectivity index (χ1v) is 8.31. The van der Waals surface area contributed by atoms with Gasteiger partial charge in [-0.1, -0.05) is 64.5 Å². The summed E-state index contributed by atoms with van der Waals surface area (Å²) in [6, 6.07) is 17.6. The van der Waals surface area contributed by atoms with E-state index < -0.39 is 0 Å². The molecule has 0 spiro atoms. The number of hydrogen-bond acceptors (Lipinski definition) is 0. The van der Waals surface area contributed by atoms with Crippen LogP contribution in [-0.2, 0) is 12.8 Å². The molecule has 0 saturated carbocycles. The molecule has 2 aromatic carbocycles. The van der Waals surface area contributed by atoms with Gasteiger partial charge in [-0.25, -0.2) is 0 Å². The minimum atomic E-state index is 0.577. The minimum absolute atomic E-state index is 0.577. The highest BCUT2D eigenvalue weighted by molar-refractivity contribution is 9.09. The predicted molar refractivity (Wildman–Crippen MR) is 91.7 cm³/mol. The van der Waals surface area contributed by atoms with Crippen LogP contribution in [0.5, 0.6) is 0 Å². The van der Waals surface area contributed by atoms with Crippen LogP contribution in [0, 0.1) is 13.8 Å². The Balaban J connectivity index is 1.77. The lowest BCUT2D eigenvalue weighted by Crippen LogP contribution is -2.04. The first-order valence-electron chi connectivity index (χ1n) is 7.39. The van der Waals surface area contributed by atoms with Crippen molar-refractivity contribution >= 4 is 15.9 Å². The topological polar surface area (TPSA) is 0 Å².